The van der Waals surface area contributed by atoms with Gasteiger partial charge in [0.2, 0.25) is 10.1 Å². The number of aromatic nitrogens is 2. The molecule has 1 heterocycles. The first-order valence-electron chi connectivity index (χ1n) is 6.45. The minimum absolute atomic E-state index is 0.0365. The molecule has 2 aromatic rings. The van der Waals surface area contributed by atoms with Crippen LogP contribution in [0.15, 0.2) is 24.3 Å². The number of nitrogens with two attached hydrogens (primary N) is 1. The number of nitrogens with zero attached hydrogens (tertiary/aromatic N) is 3. The Labute approximate surface area is 133 Å². The number of ether oxygens (including phenoxy) is 1. The van der Waals surface area contributed by atoms with Crippen molar-refractivity contribution in [3.8, 4) is 5.75 Å². The van der Waals surface area contributed by atoms with E-state index in [9.17, 15) is 18.0 Å². The lowest BCUT2D eigenvalue weighted by atomic mass is 10.3. The third-order valence-corrected chi connectivity index (χ3v) is 3.49. The summed E-state index contributed by atoms with van der Waals surface area (Å²) in [6, 6.07) is 5.19. The molecule has 0 saturated heterocycles. The summed E-state index contributed by atoms with van der Waals surface area (Å²) < 4.78 is 43.3. The fourth-order valence-electron chi connectivity index (χ4n) is 1.70. The topological polar surface area (TPSA) is 81.3 Å². The number of alkyl halides is 3. The van der Waals surface area contributed by atoms with Crippen LogP contribution in [0.25, 0.3) is 0 Å². The standard InChI is InChI=1S/C13H13F3N4O2S/c1-7(2)22-9-5-3-8(4-6-9)20(11(17)21)12-19-18-10(23-12)13(14,15)16/h3-7H,1-2H3,(H2,17,21). The highest BCUT2D eigenvalue weighted by Gasteiger charge is 2.36. The largest absolute Gasteiger partial charge is 0.491 e. The number of hydrogen-bond donors (Lipinski definition) is 1. The Balaban J connectivity index is 2.32. The van der Waals surface area contributed by atoms with E-state index in [1.807, 2.05) is 13.8 Å². The molecule has 2 rings (SSSR count). The van der Waals surface area contributed by atoms with Gasteiger partial charge in [-0.2, -0.15) is 13.2 Å². The first-order chi connectivity index (χ1) is 10.7. The molecule has 0 aliphatic rings. The summed E-state index contributed by atoms with van der Waals surface area (Å²) in [7, 11) is 0. The third kappa shape index (κ3) is 4.09. The van der Waals surface area contributed by atoms with E-state index in [-0.39, 0.29) is 28.3 Å². The molecule has 2 amide bonds. The second kappa shape index (κ2) is 6.41. The number of amides is 2. The fraction of sp³-hybridized carbons (Fsp3) is 0.308. The first-order valence-corrected chi connectivity index (χ1v) is 7.27. The smallest absolute Gasteiger partial charge is 0.445 e. The highest BCUT2D eigenvalue weighted by atomic mass is 32.1. The van der Waals surface area contributed by atoms with E-state index >= 15 is 0 Å². The number of anilines is 2. The van der Waals surface area contributed by atoms with Crippen molar-refractivity contribution in [1.29, 1.82) is 0 Å². The molecule has 6 nitrogen and oxygen atoms in total. The Morgan fingerprint density at radius 1 is 1.26 bits per heavy atom. The lowest BCUT2D eigenvalue weighted by Crippen LogP contribution is -2.31. The monoisotopic (exact) mass is 346 g/mol. The van der Waals surface area contributed by atoms with Gasteiger partial charge in [0.05, 0.1) is 11.8 Å². The van der Waals surface area contributed by atoms with Crippen molar-refractivity contribution >= 4 is 28.2 Å². The molecule has 124 valence electrons. The van der Waals surface area contributed by atoms with Crippen molar-refractivity contribution in [2.75, 3.05) is 4.90 Å². The zero-order valence-electron chi connectivity index (χ0n) is 12.2. The molecule has 0 spiro atoms. The number of carbonyl (C=O) groups excluding carboxylic acids is 1. The maximum atomic E-state index is 12.6. The number of primary amides is 1. The predicted molar refractivity (Wildman–Crippen MR) is 78.8 cm³/mol. The van der Waals surface area contributed by atoms with Gasteiger partial charge >= 0.3 is 12.2 Å². The summed E-state index contributed by atoms with van der Waals surface area (Å²) in [5.41, 5.74) is 5.51. The molecule has 0 bridgehead atoms. The summed E-state index contributed by atoms with van der Waals surface area (Å²) >= 11 is 0.233. The normalized spacial score (nSPS) is 11.6. The second-order valence-electron chi connectivity index (χ2n) is 4.72. The quantitative estimate of drug-likeness (QED) is 0.918. The molecule has 0 aliphatic carbocycles. The number of hydrogen-bond acceptors (Lipinski definition) is 5. The molecule has 0 radical (unpaired) electrons. The Hall–Kier alpha value is -2.36. The van der Waals surface area contributed by atoms with Gasteiger partial charge in [0.25, 0.3) is 0 Å². The highest BCUT2D eigenvalue weighted by Crippen LogP contribution is 2.36. The van der Waals surface area contributed by atoms with E-state index in [0.29, 0.717) is 5.75 Å². The molecule has 10 heteroatoms. The number of halogens is 3. The van der Waals surface area contributed by atoms with Gasteiger partial charge in [0.15, 0.2) is 0 Å². The van der Waals surface area contributed by atoms with Crippen LogP contribution in [-0.4, -0.2) is 22.3 Å². The minimum Gasteiger partial charge on any atom is -0.491 e. The van der Waals surface area contributed by atoms with Gasteiger partial charge in [-0.05, 0) is 38.1 Å². The minimum atomic E-state index is -4.63. The summed E-state index contributed by atoms with van der Waals surface area (Å²) in [5, 5.41) is 5.02. The molecule has 0 fully saturated rings. The second-order valence-corrected chi connectivity index (χ2v) is 5.68. The van der Waals surface area contributed by atoms with Crippen molar-refractivity contribution < 1.29 is 22.7 Å². The van der Waals surface area contributed by atoms with E-state index in [1.165, 1.54) is 12.1 Å². The molecule has 2 N–H and O–H groups in total. The van der Waals surface area contributed by atoms with Crippen LogP contribution in [-0.2, 0) is 6.18 Å². The van der Waals surface area contributed by atoms with Gasteiger partial charge in [0, 0.05) is 0 Å². The summed E-state index contributed by atoms with van der Waals surface area (Å²) in [5.74, 6) is 0.557. The number of carbonyl (C=O) groups is 1. The van der Waals surface area contributed by atoms with Crippen LogP contribution in [0.3, 0.4) is 0 Å². The van der Waals surface area contributed by atoms with Crippen LogP contribution >= 0.6 is 11.3 Å². The van der Waals surface area contributed by atoms with E-state index in [1.54, 1.807) is 12.1 Å². The lowest BCUT2D eigenvalue weighted by molar-refractivity contribution is -0.138. The van der Waals surface area contributed by atoms with Gasteiger partial charge in [-0.3, -0.25) is 0 Å². The fourth-order valence-corrected chi connectivity index (χ4v) is 2.44. The van der Waals surface area contributed by atoms with Crippen molar-refractivity contribution in [3.63, 3.8) is 0 Å². The molecular formula is C13H13F3N4O2S. The van der Waals surface area contributed by atoms with Crippen LogP contribution < -0.4 is 15.4 Å². The van der Waals surface area contributed by atoms with Crippen LogP contribution in [0.5, 0.6) is 5.75 Å². The highest BCUT2D eigenvalue weighted by molar-refractivity contribution is 7.15. The number of benzene rings is 1. The van der Waals surface area contributed by atoms with Crippen LogP contribution in [0, 0.1) is 0 Å². The Morgan fingerprint density at radius 2 is 1.87 bits per heavy atom. The summed E-state index contributed by atoms with van der Waals surface area (Å²) in [4.78, 5) is 12.4. The van der Waals surface area contributed by atoms with Crippen LogP contribution in [0.1, 0.15) is 18.9 Å². The van der Waals surface area contributed by atoms with Crippen molar-refractivity contribution in [2.45, 2.75) is 26.1 Å². The zero-order valence-corrected chi connectivity index (χ0v) is 13.0. The third-order valence-electron chi connectivity index (χ3n) is 2.54. The molecule has 1 aromatic carbocycles. The maximum absolute atomic E-state index is 12.6. The molecule has 0 unspecified atom stereocenters. The van der Waals surface area contributed by atoms with E-state index in [0.717, 1.165) is 4.90 Å². The summed E-state index contributed by atoms with van der Waals surface area (Å²) in [6.07, 6.45) is -4.67. The Morgan fingerprint density at radius 3 is 2.30 bits per heavy atom. The molecule has 0 aliphatic heterocycles. The van der Waals surface area contributed by atoms with Crippen LogP contribution in [0.4, 0.5) is 28.8 Å². The van der Waals surface area contributed by atoms with E-state index < -0.39 is 17.2 Å². The van der Waals surface area contributed by atoms with Gasteiger partial charge in [-0.1, -0.05) is 11.3 Å². The Kier molecular flexibility index (Phi) is 4.73. The molecular weight excluding hydrogens is 333 g/mol. The number of urea groups is 1. The molecule has 0 atom stereocenters. The summed E-state index contributed by atoms with van der Waals surface area (Å²) in [6.45, 7) is 3.70. The molecule has 0 saturated carbocycles. The first kappa shape index (κ1) is 17.0. The van der Waals surface area contributed by atoms with Gasteiger partial charge in [0.1, 0.15) is 5.75 Å². The van der Waals surface area contributed by atoms with E-state index in [2.05, 4.69) is 10.2 Å². The van der Waals surface area contributed by atoms with E-state index in [4.69, 9.17) is 10.5 Å². The van der Waals surface area contributed by atoms with Crippen molar-refractivity contribution in [1.82, 2.24) is 10.2 Å². The predicted octanol–water partition coefficient (Wildman–Crippen LogP) is 3.56. The lowest BCUT2D eigenvalue weighted by Gasteiger charge is -2.17. The molecule has 1 aromatic heterocycles. The zero-order chi connectivity index (χ0) is 17.2. The van der Waals surface area contributed by atoms with Gasteiger partial charge < -0.3 is 10.5 Å². The Bertz CT molecular complexity index is 685. The average Bonchev–Trinajstić information content (AvgIpc) is 2.89. The van der Waals surface area contributed by atoms with Crippen molar-refractivity contribution in [3.05, 3.63) is 29.3 Å². The maximum Gasteiger partial charge on any atom is 0.445 e. The average molecular weight is 346 g/mol. The molecule has 23 heavy (non-hydrogen) atoms. The van der Waals surface area contributed by atoms with Gasteiger partial charge in [-0.15, -0.1) is 10.2 Å². The van der Waals surface area contributed by atoms with Gasteiger partial charge in [-0.25, -0.2) is 9.69 Å². The van der Waals surface area contributed by atoms with Crippen LogP contribution in [0.2, 0.25) is 0 Å². The van der Waals surface area contributed by atoms with Crippen molar-refractivity contribution in [2.24, 2.45) is 5.73 Å². The number of rotatable bonds is 4. The SMILES string of the molecule is CC(C)Oc1ccc(N(C(N)=O)c2nnc(C(F)(F)F)s2)cc1.